The predicted octanol–water partition coefficient (Wildman–Crippen LogP) is 8.32. The number of unbranched alkanes of at least 4 members (excludes halogenated alkanes) is 5. The summed E-state index contributed by atoms with van der Waals surface area (Å²) >= 11 is 0. The van der Waals surface area contributed by atoms with Crippen LogP contribution in [0.2, 0.25) is 0 Å². The average Bonchev–Trinajstić information content (AvgIpc) is 3.02. The number of hydrogen-bond donors (Lipinski definition) is 4. The Labute approximate surface area is 273 Å². The third kappa shape index (κ3) is 30.1. The lowest BCUT2D eigenvalue weighted by Gasteiger charge is -2.23. The Morgan fingerprint density at radius 2 is 1.29 bits per heavy atom. The van der Waals surface area contributed by atoms with Gasteiger partial charge in [0.2, 0.25) is 5.91 Å². The molecule has 0 aliphatic carbocycles. The molecule has 0 aromatic rings. The SMILES string of the molecule is CC/C=C\C/C=C\C/C=C\C/C=C\C/C=C\C/C=C\CCC(=O)NC(COP(=O)(O)OCCN)C(O)/C=C/CCCCCCC. The molecule has 1 amide bonds. The third-order valence-corrected chi connectivity index (χ3v) is 7.47. The van der Waals surface area contributed by atoms with Gasteiger partial charge in [0, 0.05) is 13.0 Å². The maximum atomic E-state index is 12.6. The second-order valence-electron chi connectivity index (χ2n) is 10.6. The molecular formula is C36H61N2O6P. The van der Waals surface area contributed by atoms with Crippen LogP contribution in [-0.2, 0) is 18.4 Å². The first kappa shape index (κ1) is 42.7. The number of nitrogens with two attached hydrogens (primary N) is 1. The summed E-state index contributed by atoms with van der Waals surface area (Å²) in [6, 6.07) is -0.902. The van der Waals surface area contributed by atoms with E-state index in [4.69, 9.17) is 14.8 Å². The lowest BCUT2D eigenvalue weighted by Crippen LogP contribution is -2.45. The van der Waals surface area contributed by atoms with Gasteiger partial charge in [0.15, 0.2) is 0 Å². The van der Waals surface area contributed by atoms with Crippen molar-refractivity contribution < 1.29 is 28.4 Å². The molecule has 0 fully saturated rings. The van der Waals surface area contributed by atoms with Crippen LogP contribution >= 0.6 is 7.82 Å². The number of aliphatic hydroxyl groups is 1. The summed E-state index contributed by atoms with van der Waals surface area (Å²) in [5.41, 5.74) is 5.32. The van der Waals surface area contributed by atoms with Crippen molar-refractivity contribution in [1.82, 2.24) is 5.32 Å². The Bertz CT molecular complexity index is 971. The van der Waals surface area contributed by atoms with E-state index in [2.05, 4.69) is 79.9 Å². The number of allylic oxidation sites excluding steroid dienone is 13. The molecule has 0 saturated heterocycles. The van der Waals surface area contributed by atoms with Crippen LogP contribution in [0.4, 0.5) is 0 Å². The molecule has 0 aliphatic heterocycles. The third-order valence-electron chi connectivity index (χ3n) is 6.49. The predicted molar refractivity (Wildman–Crippen MR) is 189 cm³/mol. The van der Waals surface area contributed by atoms with Gasteiger partial charge in [0.05, 0.1) is 25.4 Å². The number of phosphoric ester groups is 1. The number of rotatable bonds is 29. The monoisotopic (exact) mass is 648 g/mol. The quantitative estimate of drug-likeness (QED) is 0.0364. The Morgan fingerprint density at radius 1 is 0.756 bits per heavy atom. The number of hydrogen-bond acceptors (Lipinski definition) is 6. The second-order valence-corrected chi connectivity index (χ2v) is 12.1. The molecule has 0 aromatic heterocycles. The largest absolute Gasteiger partial charge is 0.472 e. The lowest BCUT2D eigenvalue weighted by atomic mass is 10.1. The molecule has 9 heteroatoms. The van der Waals surface area contributed by atoms with E-state index in [0.29, 0.717) is 6.42 Å². The van der Waals surface area contributed by atoms with E-state index in [0.717, 1.165) is 57.8 Å². The molecule has 0 aromatic carbocycles. The Balaban J connectivity index is 4.45. The van der Waals surface area contributed by atoms with Gasteiger partial charge in [-0.1, -0.05) is 125 Å². The van der Waals surface area contributed by atoms with E-state index in [1.54, 1.807) is 6.08 Å². The molecule has 0 bridgehead atoms. The number of phosphoric acid groups is 1. The molecule has 0 saturated carbocycles. The van der Waals surface area contributed by atoms with Crippen molar-refractivity contribution >= 4 is 13.7 Å². The Morgan fingerprint density at radius 3 is 1.82 bits per heavy atom. The van der Waals surface area contributed by atoms with Crippen LogP contribution in [0, 0.1) is 0 Å². The molecule has 0 aliphatic rings. The first-order chi connectivity index (χ1) is 21.9. The maximum absolute atomic E-state index is 12.6. The van der Waals surface area contributed by atoms with Crippen LogP contribution in [0.15, 0.2) is 85.1 Å². The zero-order valence-electron chi connectivity index (χ0n) is 27.8. The van der Waals surface area contributed by atoms with Gasteiger partial charge >= 0.3 is 7.82 Å². The van der Waals surface area contributed by atoms with Gasteiger partial charge in [-0.25, -0.2) is 4.57 Å². The van der Waals surface area contributed by atoms with Gasteiger partial charge in [-0.2, -0.15) is 0 Å². The smallest absolute Gasteiger partial charge is 0.387 e. The molecule has 0 heterocycles. The van der Waals surface area contributed by atoms with E-state index >= 15 is 0 Å². The van der Waals surface area contributed by atoms with Crippen LogP contribution in [-0.4, -0.2) is 47.8 Å². The highest BCUT2D eigenvalue weighted by Crippen LogP contribution is 2.43. The topological polar surface area (TPSA) is 131 Å². The summed E-state index contributed by atoms with van der Waals surface area (Å²) in [6.07, 6.45) is 40.9. The summed E-state index contributed by atoms with van der Waals surface area (Å²) in [5, 5.41) is 13.4. The molecule has 3 unspecified atom stereocenters. The average molecular weight is 649 g/mol. The standard InChI is InChI=1S/C36H61N2O6P/c1-3-5-7-9-11-12-13-14-15-16-17-18-19-20-21-22-24-26-28-30-36(40)38-34(33-44-45(41,42)43-32-31-37)35(39)29-27-25-23-10-8-6-4-2/h5,7,11-12,14-15,17-18,20-21,24,26-27,29,34-35,39H,3-4,6,8-10,13,16,19,22-23,25,28,30-33,37H2,1-2H3,(H,38,40)(H,41,42)/b7-5-,12-11-,15-14-,18-17-,21-20-,26-24-,29-27+. The van der Waals surface area contributed by atoms with Crippen LogP contribution in [0.25, 0.3) is 0 Å². The van der Waals surface area contributed by atoms with E-state index < -0.39 is 20.0 Å². The van der Waals surface area contributed by atoms with Crippen molar-refractivity contribution in [3.63, 3.8) is 0 Å². The van der Waals surface area contributed by atoms with Crippen LogP contribution in [0.3, 0.4) is 0 Å². The summed E-state index contributed by atoms with van der Waals surface area (Å²) < 4.78 is 21.8. The number of amides is 1. The lowest BCUT2D eigenvalue weighted by molar-refractivity contribution is -0.122. The van der Waals surface area contributed by atoms with Gasteiger partial charge in [-0.3, -0.25) is 13.8 Å². The number of aliphatic hydroxyl groups excluding tert-OH is 1. The van der Waals surface area contributed by atoms with Crippen molar-refractivity contribution in [1.29, 1.82) is 0 Å². The molecular weight excluding hydrogens is 587 g/mol. The fourth-order valence-electron chi connectivity index (χ4n) is 3.97. The molecule has 3 atom stereocenters. The molecule has 256 valence electrons. The minimum absolute atomic E-state index is 0.0618. The van der Waals surface area contributed by atoms with Crippen LogP contribution in [0.1, 0.15) is 104 Å². The van der Waals surface area contributed by atoms with E-state index in [1.807, 2.05) is 18.2 Å². The number of carbonyl (C=O) groups is 1. The van der Waals surface area contributed by atoms with Gasteiger partial charge < -0.3 is 21.1 Å². The highest BCUT2D eigenvalue weighted by molar-refractivity contribution is 7.47. The first-order valence-corrected chi connectivity index (χ1v) is 18.2. The summed E-state index contributed by atoms with van der Waals surface area (Å²) in [5.74, 6) is -0.286. The molecule has 45 heavy (non-hydrogen) atoms. The van der Waals surface area contributed by atoms with Crippen LogP contribution in [0.5, 0.6) is 0 Å². The molecule has 0 spiro atoms. The highest BCUT2D eigenvalue weighted by Gasteiger charge is 2.26. The van der Waals surface area contributed by atoms with Crippen LogP contribution < -0.4 is 11.1 Å². The summed E-state index contributed by atoms with van der Waals surface area (Å²) in [4.78, 5) is 22.4. The van der Waals surface area contributed by atoms with E-state index in [-0.39, 0.29) is 32.1 Å². The molecule has 5 N–H and O–H groups in total. The Hall–Kier alpha value is -2.32. The van der Waals surface area contributed by atoms with Crippen molar-refractivity contribution in [3.05, 3.63) is 85.1 Å². The molecule has 8 nitrogen and oxygen atoms in total. The number of nitrogens with one attached hydrogen (secondary N) is 1. The maximum Gasteiger partial charge on any atom is 0.472 e. The minimum atomic E-state index is -4.35. The summed E-state index contributed by atoms with van der Waals surface area (Å²) in [7, 11) is -4.35. The molecule has 0 radical (unpaired) electrons. The fraction of sp³-hybridized carbons (Fsp3) is 0.583. The molecule has 0 rings (SSSR count). The van der Waals surface area contributed by atoms with E-state index in [9.17, 15) is 19.4 Å². The fourth-order valence-corrected chi connectivity index (χ4v) is 4.73. The van der Waals surface area contributed by atoms with Crippen molar-refractivity contribution in [3.8, 4) is 0 Å². The minimum Gasteiger partial charge on any atom is -0.387 e. The zero-order valence-corrected chi connectivity index (χ0v) is 28.7. The van der Waals surface area contributed by atoms with Crippen molar-refractivity contribution in [2.45, 2.75) is 116 Å². The highest BCUT2D eigenvalue weighted by atomic mass is 31.2. The second kappa shape index (κ2) is 31.7. The zero-order chi connectivity index (χ0) is 33.3. The van der Waals surface area contributed by atoms with Gasteiger partial charge in [0.25, 0.3) is 0 Å². The van der Waals surface area contributed by atoms with Gasteiger partial charge in [-0.15, -0.1) is 0 Å². The van der Waals surface area contributed by atoms with Gasteiger partial charge in [-0.05, 0) is 57.8 Å². The number of carbonyl (C=O) groups excluding carboxylic acids is 1. The normalized spacial score (nSPS) is 15.6. The van der Waals surface area contributed by atoms with E-state index in [1.165, 1.54) is 19.3 Å². The Kier molecular flexibility index (Phi) is 30.0. The first-order valence-electron chi connectivity index (χ1n) is 16.7. The van der Waals surface area contributed by atoms with Crippen molar-refractivity contribution in [2.75, 3.05) is 19.8 Å². The van der Waals surface area contributed by atoms with Crippen molar-refractivity contribution in [2.24, 2.45) is 5.73 Å². The summed E-state index contributed by atoms with van der Waals surface area (Å²) in [6.45, 7) is 3.85. The van der Waals surface area contributed by atoms with Gasteiger partial charge in [0.1, 0.15) is 0 Å².